The predicted octanol–water partition coefficient (Wildman–Crippen LogP) is 3.02. The molecule has 1 fully saturated rings. The number of nitrogens with zero attached hydrogens (tertiary/aromatic N) is 3. The third-order valence-electron chi connectivity index (χ3n) is 3.54. The minimum Gasteiger partial charge on any atom is -0.353 e. The van der Waals surface area contributed by atoms with Crippen molar-refractivity contribution in [1.29, 1.82) is 0 Å². The highest BCUT2D eigenvalue weighted by Gasteiger charge is 2.20. The smallest absolute Gasteiger partial charge is 0.147 e. The van der Waals surface area contributed by atoms with Crippen molar-refractivity contribution < 1.29 is 0 Å². The molecule has 0 radical (unpaired) electrons. The summed E-state index contributed by atoms with van der Waals surface area (Å²) in [6.45, 7) is 1.52. The van der Waals surface area contributed by atoms with Gasteiger partial charge in [-0.3, -0.25) is 4.98 Å². The normalized spacial score (nSPS) is 14.2. The lowest BCUT2D eigenvalue weighted by Crippen LogP contribution is -2.20. The molecule has 1 aliphatic carbocycles. The van der Waals surface area contributed by atoms with Crippen molar-refractivity contribution >= 4 is 17.4 Å². The molecule has 0 spiro atoms. The van der Waals surface area contributed by atoms with Gasteiger partial charge in [-0.15, -0.1) is 0 Å². The third kappa shape index (κ3) is 3.93. The van der Waals surface area contributed by atoms with E-state index in [1.54, 1.807) is 6.20 Å². The second-order valence-corrected chi connectivity index (χ2v) is 5.89. The van der Waals surface area contributed by atoms with E-state index in [1.165, 1.54) is 12.8 Å². The fourth-order valence-electron chi connectivity index (χ4n) is 2.21. The summed E-state index contributed by atoms with van der Waals surface area (Å²) in [7, 11) is 1.98. The van der Waals surface area contributed by atoms with Crippen LogP contribution in [-0.4, -0.2) is 23.1 Å². The van der Waals surface area contributed by atoms with E-state index in [4.69, 9.17) is 11.6 Å². The van der Waals surface area contributed by atoms with Crippen LogP contribution in [0.2, 0.25) is 5.02 Å². The van der Waals surface area contributed by atoms with Gasteiger partial charge in [-0.1, -0.05) is 17.7 Å². The lowest BCUT2D eigenvalue weighted by molar-refractivity contribution is 0.685. The molecule has 21 heavy (non-hydrogen) atoms. The van der Waals surface area contributed by atoms with E-state index in [0.717, 1.165) is 23.6 Å². The first-order valence-electron chi connectivity index (χ1n) is 7.21. The third-order valence-corrected chi connectivity index (χ3v) is 3.82. The van der Waals surface area contributed by atoms with Gasteiger partial charge >= 0.3 is 0 Å². The average Bonchev–Trinajstić information content (AvgIpc) is 3.30. The fraction of sp³-hybridized carbons (Fsp3) is 0.375. The Labute approximate surface area is 130 Å². The van der Waals surface area contributed by atoms with Crippen LogP contribution in [0.4, 0.5) is 5.82 Å². The fourth-order valence-corrected chi connectivity index (χ4v) is 2.54. The first-order chi connectivity index (χ1) is 10.2. The first-order valence-corrected chi connectivity index (χ1v) is 7.59. The van der Waals surface area contributed by atoms with Gasteiger partial charge in [0.25, 0.3) is 0 Å². The molecule has 1 N–H and O–H groups in total. The minimum absolute atomic E-state index is 0.684. The zero-order valence-electron chi connectivity index (χ0n) is 12.1. The van der Waals surface area contributed by atoms with Crippen molar-refractivity contribution in [2.24, 2.45) is 0 Å². The van der Waals surface area contributed by atoms with Crippen LogP contribution < -0.4 is 10.2 Å². The molecule has 1 aliphatic rings. The van der Waals surface area contributed by atoms with Crippen molar-refractivity contribution in [1.82, 2.24) is 15.3 Å². The first kappa shape index (κ1) is 14.3. The van der Waals surface area contributed by atoms with Gasteiger partial charge in [0, 0.05) is 32.0 Å². The summed E-state index contributed by atoms with van der Waals surface area (Å²) in [5.74, 6) is 0.789. The predicted molar refractivity (Wildman–Crippen MR) is 85.5 cm³/mol. The highest BCUT2D eigenvalue weighted by Crippen LogP contribution is 2.25. The number of hydrogen-bond donors (Lipinski definition) is 1. The molecule has 0 unspecified atom stereocenters. The zero-order chi connectivity index (χ0) is 14.7. The molecule has 2 heterocycles. The molecule has 110 valence electrons. The monoisotopic (exact) mass is 302 g/mol. The molecule has 0 aliphatic heterocycles. The summed E-state index contributed by atoms with van der Waals surface area (Å²) in [6.07, 6.45) is 6.26. The standard InChI is InChI=1S/C16H19ClN4/c1-21(11-14-4-2-3-7-18-14)16-15(17)8-12(10-20-16)9-19-13-5-6-13/h2-4,7-8,10,13,19H,5-6,9,11H2,1H3. The average molecular weight is 303 g/mol. The Morgan fingerprint density at radius 1 is 1.33 bits per heavy atom. The van der Waals surface area contributed by atoms with Crippen molar-refractivity contribution in [2.75, 3.05) is 11.9 Å². The Bertz CT molecular complexity index is 598. The van der Waals surface area contributed by atoms with Crippen LogP contribution in [0.15, 0.2) is 36.7 Å². The summed E-state index contributed by atoms with van der Waals surface area (Å²) in [4.78, 5) is 10.8. The summed E-state index contributed by atoms with van der Waals surface area (Å²) >= 11 is 6.37. The molecular weight excluding hydrogens is 284 g/mol. The molecule has 2 aromatic rings. The molecular formula is C16H19ClN4. The van der Waals surface area contributed by atoms with Crippen molar-refractivity contribution in [3.63, 3.8) is 0 Å². The van der Waals surface area contributed by atoms with Gasteiger partial charge in [-0.05, 0) is 36.6 Å². The van der Waals surface area contributed by atoms with Crippen LogP contribution in [0.1, 0.15) is 24.1 Å². The Balaban J connectivity index is 1.66. The second kappa shape index (κ2) is 6.41. The number of rotatable bonds is 6. The molecule has 0 saturated heterocycles. The van der Waals surface area contributed by atoms with Crippen LogP contribution in [0.25, 0.3) is 0 Å². The van der Waals surface area contributed by atoms with Gasteiger partial charge in [0.2, 0.25) is 0 Å². The Morgan fingerprint density at radius 2 is 2.19 bits per heavy atom. The van der Waals surface area contributed by atoms with Gasteiger partial charge in [-0.25, -0.2) is 4.98 Å². The number of nitrogens with one attached hydrogen (secondary N) is 1. The van der Waals surface area contributed by atoms with Gasteiger partial charge < -0.3 is 10.2 Å². The number of anilines is 1. The molecule has 0 atom stereocenters. The molecule has 1 saturated carbocycles. The van der Waals surface area contributed by atoms with Crippen molar-refractivity contribution in [2.45, 2.75) is 32.0 Å². The van der Waals surface area contributed by atoms with E-state index in [1.807, 2.05) is 42.4 Å². The summed E-state index contributed by atoms with van der Waals surface area (Å²) in [5.41, 5.74) is 2.12. The maximum absolute atomic E-state index is 6.37. The van der Waals surface area contributed by atoms with E-state index < -0.39 is 0 Å². The zero-order valence-corrected chi connectivity index (χ0v) is 12.8. The lowest BCUT2D eigenvalue weighted by Gasteiger charge is -2.19. The lowest BCUT2D eigenvalue weighted by atomic mass is 10.2. The Hall–Kier alpha value is -1.65. The molecule has 0 bridgehead atoms. The Kier molecular flexibility index (Phi) is 4.36. The second-order valence-electron chi connectivity index (χ2n) is 5.48. The van der Waals surface area contributed by atoms with Gasteiger partial charge in [0.1, 0.15) is 5.82 Å². The van der Waals surface area contributed by atoms with E-state index in [-0.39, 0.29) is 0 Å². The highest BCUT2D eigenvalue weighted by atomic mass is 35.5. The topological polar surface area (TPSA) is 41.1 Å². The van der Waals surface area contributed by atoms with Gasteiger partial charge in [0.15, 0.2) is 0 Å². The Morgan fingerprint density at radius 3 is 2.86 bits per heavy atom. The summed E-state index contributed by atoms with van der Waals surface area (Å²) < 4.78 is 0. The van der Waals surface area contributed by atoms with E-state index >= 15 is 0 Å². The molecule has 5 heteroatoms. The number of pyridine rings is 2. The van der Waals surface area contributed by atoms with E-state index in [0.29, 0.717) is 17.6 Å². The van der Waals surface area contributed by atoms with E-state index in [2.05, 4.69) is 15.3 Å². The van der Waals surface area contributed by atoms with E-state index in [9.17, 15) is 0 Å². The van der Waals surface area contributed by atoms with Crippen molar-refractivity contribution in [3.8, 4) is 0 Å². The maximum Gasteiger partial charge on any atom is 0.147 e. The quantitative estimate of drug-likeness (QED) is 0.890. The number of hydrogen-bond acceptors (Lipinski definition) is 4. The van der Waals surface area contributed by atoms with Gasteiger partial charge in [-0.2, -0.15) is 0 Å². The highest BCUT2D eigenvalue weighted by molar-refractivity contribution is 6.33. The maximum atomic E-state index is 6.37. The van der Waals surface area contributed by atoms with Crippen LogP contribution in [0, 0.1) is 0 Å². The number of aromatic nitrogens is 2. The molecule has 0 amide bonds. The van der Waals surface area contributed by atoms with Crippen LogP contribution in [-0.2, 0) is 13.1 Å². The van der Waals surface area contributed by atoms with Gasteiger partial charge in [0.05, 0.1) is 17.3 Å². The molecule has 2 aromatic heterocycles. The van der Waals surface area contributed by atoms with Crippen LogP contribution in [0.5, 0.6) is 0 Å². The van der Waals surface area contributed by atoms with Crippen molar-refractivity contribution in [3.05, 3.63) is 52.9 Å². The van der Waals surface area contributed by atoms with Crippen LogP contribution in [0.3, 0.4) is 0 Å². The molecule has 4 nitrogen and oxygen atoms in total. The summed E-state index contributed by atoms with van der Waals surface area (Å²) in [5, 5.41) is 4.15. The molecule has 0 aromatic carbocycles. The molecule has 3 rings (SSSR count). The minimum atomic E-state index is 0.684. The number of halogens is 1. The summed E-state index contributed by atoms with van der Waals surface area (Å²) in [6, 6.07) is 8.58. The van der Waals surface area contributed by atoms with Crippen LogP contribution >= 0.6 is 11.6 Å². The SMILES string of the molecule is CN(Cc1ccccn1)c1ncc(CNC2CC2)cc1Cl. The largest absolute Gasteiger partial charge is 0.353 e.